The SMILES string of the molecule is COc1ccc(-c2nnc(SC(C)C(=O)Nc3ccccc3F)n2-c2ccccc2)cc1. The molecule has 1 N–H and O–H groups in total. The molecule has 0 radical (unpaired) electrons. The van der Waals surface area contributed by atoms with E-state index in [0.717, 1.165) is 17.0 Å². The van der Waals surface area contributed by atoms with Crippen LogP contribution in [0.25, 0.3) is 17.1 Å². The van der Waals surface area contributed by atoms with Gasteiger partial charge in [-0.25, -0.2) is 4.39 Å². The first kappa shape index (κ1) is 21.6. The maximum absolute atomic E-state index is 13.9. The van der Waals surface area contributed by atoms with E-state index in [1.54, 1.807) is 26.2 Å². The number of nitrogens with one attached hydrogen (secondary N) is 1. The number of halogens is 1. The lowest BCUT2D eigenvalue weighted by molar-refractivity contribution is -0.115. The fourth-order valence-electron chi connectivity index (χ4n) is 3.09. The van der Waals surface area contributed by atoms with Crippen LogP contribution < -0.4 is 10.1 Å². The van der Waals surface area contributed by atoms with Gasteiger partial charge in [0.2, 0.25) is 5.91 Å². The molecule has 0 fully saturated rings. The highest BCUT2D eigenvalue weighted by molar-refractivity contribution is 8.00. The second kappa shape index (κ2) is 9.65. The number of aromatic nitrogens is 3. The van der Waals surface area contributed by atoms with Crippen LogP contribution in [0.4, 0.5) is 10.1 Å². The Morgan fingerprint density at radius 2 is 1.69 bits per heavy atom. The van der Waals surface area contributed by atoms with Crippen molar-refractivity contribution in [2.75, 3.05) is 12.4 Å². The smallest absolute Gasteiger partial charge is 0.237 e. The van der Waals surface area contributed by atoms with Gasteiger partial charge in [0, 0.05) is 11.3 Å². The zero-order valence-corrected chi connectivity index (χ0v) is 18.3. The second-order valence-corrected chi connectivity index (χ2v) is 8.24. The van der Waals surface area contributed by atoms with Crippen molar-refractivity contribution in [1.29, 1.82) is 0 Å². The molecule has 1 heterocycles. The quantitative estimate of drug-likeness (QED) is 0.394. The third kappa shape index (κ3) is 4.65. The molecule has 6 nitrogen and oxygen atoms in total. The van der Waals surface area contributed by atoms with E-state index in [0.29, 0.717) is 11.0 Å². The normalized spacial score (nSPS) is 11.7. The highest BCUT2D eigenvalue weighted by atomic mass is 32.2. The van der Waals surface area contributed by atoms with Crippen molar-refractivity contribution in [2.45, 2.75) is 17.3 Å². The van der Waals surface area contributed by atoms with Gasteiger partial charge >= 0.3 is 0 Å². The summed E-state index contributed by atoms with van der Waals surface area (Å²) in [6, 6.07) is 23.3. The summed E-state index contributed by atoms with van der Waals surface area (Å²) in [4.78, 5) is 12.7. The Hall–Kier alpha value is -3.65. The lowest BCUT2D eigenvalue weighted by Gasteiger charge is -2.14. The summed E-state index contributed by atoms with van der Waals surface area (Å²) in [5.74, 6) is 0.580. The van der Waals surface area contributed by atoms with Crippen molar-refractivity contribution in [2.24, 2.45) is 0 Å². The number of methoxy groups -OCH3 is 1. The number of thioether (sulfide) groups is 1. The van der Waals surface area contributed by atoms with E-state index in [-0.39, 0.29) is 11.6 Å². The molecule has 0 aliphatic heterocycles. The molecular weight excluding hydrogens is 427 g/mol. The monoisotopic (exact) mass is 448 g/mol. The Morgan fingerprint density at radius 3 is 2.38 bits per heavy atom. The molecule has 0 saturated carbocycles. The van der Waals surface area contributed by atoms with E-state index in [1.165, 1.54) is 23.9 Å². The zero-order valence-electron chi connectivity index (χ0n) is 17.5. The Balaban J connectivity index is 1.64. The molecule has 0 aliphatic carbocycles. The first-order chi connectivity index (χ1) is 15.6. The minimum absolute atomic E-state index is 0.147. The molecule has 0 spiro atoms. The predicted molar refractivity (Wildman–Crippen MR) is 124 cm³/mol. The van der Waals surface area contributed by atoms with Crippen LogP contribution in [0.5, 0.6) is 5.75 Å². The van der Waals surface area contributed by atoms with Gasteiger partial charge in [-0.1, -0.05) is 42.1 Å². The molecule has 1 amide bonds. The number of ether oxygens (including phenoxy) is 1. The number of hydrogen-bond donors (Lipinski definition) is 1. The molecular formula is C24H21FN4O2S. The van der Waals surface area contributed by atoms with Crippen LogP contribution in [0, 0.1) is 5.82 Å². The van der Waals surface area contributed by atoms with Crippen molar-refractivity contribution < 1.29 is 13.9 Å². The molecule has 0 aliphatic rings. The highest BCUT2D eigenvalue weighted by Crippen LogP contribution is 2.31. The van der Waals surface area contributed by atoms with Crippen molar-refractivity contribution in [3.63, 3.8) is 0 Å². The Bertz CT molecular complexity index is 1210. The number of carbonyl (C=O) groups excluding carboxylic acids is 1. The van der Waals surface area contributed by atoms with E-state index in [9.17, 15) is 9.18 Å². The number of rotatable bonds is 7. The average molecular weight is 449 g/mol. The largest absolute Gasteiger partial charge is 0.497 e. The van der Waals surface area contributed by atoms with Gasteiger partial charge in [-0.15, -0.1) is 10.2 Å². The summed E-state index contributed by atoms with van der Waals surface area (Å²) >= 11 is 1.25. The minimum Gasteiger partial charge on any atom is -0.497 e. The summed E-state index contributed by atoms with van der Waals surface area (Å²) in [7, 11) is 1.62. The Morgan fingerprint density at radius 1 is 1.00 bits per heavy atom. The number of hydrogen-bond acceptors (Lipinski definition) is 5. The molecule has 0 bridgehead atoms. The van der Waals surface area contributed by atoms with E-state index in [2.05, 4.69) is 15.5 Å². The molecule has 4 aromatic rings. The fourth-order valence-corrected chi connectivity index (χ4v) is 3.96. The Kier molecular flexibility index (Phi) is 6.51. The van der Waals surface area contributed by atoms with Crippen molar-refractivity contribution in [3.05, 3.63) is 84.7 Å². The lowest BCUT2D eigenvalue weighted by Crippen LogP contribution is -2.23. The van der Waals surface area contributed by atoms with Crippen LogP contribution in [0.2, 0.25) is 0 Å². The number of benzene rings is 3. The van der Waals surface area contributed by atoms with Gasteiger partial charge in [-0.05, 0) is 55.5 Å². The minimum atomic E-state index is -0.537. The first-order valence-corrected chi connectivity index (χ1v) is 10.8. The van der Waals surface area contributed by atoms with Crippen molar-refractivity contribution >= 4 is 23.4 Å². The summed E-state index contributed by atoms with van der Waals surface area (Å²) < 4.78 is 21.1. The van der Waals surface area contributed by atoms with Gasteiger partial charge < -0.3 is 10.1 Å². The molecule has 3 aromatic carbocycles. The average Bonchev–Trinajstić information content (AvgIpc) is 3.24. The first-order valence-electron chi connectivity index (χ1n) is 9.94. The number of nitrogens with zero attached hydrogens (tertiary/aromatic N) is 3. The standard InChI is InChI=1S/C24H21FN4O2S/c1-16(23(30)26-21-11-7-6-10-20(21)25)32-24-28-27-22(17-12-14-19(31-2)15-13-17)29(24)18-8-4-3-5-9-18/h3-16H,1-2H3,(H,26,30). The van der Waals surface area contributed by atoms with Crippen LogP contribution in [0.15, 0.2) is 84.0 Å². The van der Waals surface area contributed by atoms with Crippen LogP contribution in [0.1, 0.15) is 6.92 Å². The van der Waals surface area contributed by atoms with E-state index < -0.39 is 11.1 Å². The number of anilines is 1. The summed E-state index contributed by atoms with van der Waals surface area (Å²) in [5.41, 5.74) is 1.87. The molecule has 4 rings (SSSR count). The van der Waals surface area contributed by atoms with Gasteiger partial charge in [0.05, 0.1) is 18.0 Å². The van der Waals surface area contributed by atoms with Gasteiger partial charge in [0.25, 0.3) is 0 Å². The van der Waals surface area contributed by atoms with E-state index >= 15 is 0 Å². The molecule has 0 saturated heterocycles. The van der Waals surface area contributed by atoms with E-state index in [1.807, 2.05) is 59.2 Å². The van der Waals surface area contributed by atoms with Crippen LogP contribution in [0.3, 0.4) is 0 Å². The van der Waals surface area contributed by atoms with Gasteiger partial charge in [0.15, 0.2) is 11.0 Å². The molecule has 1 aromatic heterocycles. The highest BCUT2D eigenvalue weighted by Gasteiger charge is 2.22. The van der Waals surface area contributed by atoms with E-state index in [4.69, 9.17) is 4.74 Å². The predicted octanol–water partition coefficient (Wildman–Crippen LogP) is 5.20. The van der Waals surface area contributed by atoms with Crippen LogP contribution in [-0.4, -0.2) is 33.0 Å². The number of carbonyl (C=O) groups is 1. The second-order valence-electron chi connectivity index (χ2n) is 6.93. The van der Waals surface area contributed by atoms with Crippen LogP contribution >= 0.6 is 11.8 Å². The molecule has 162 valence electrons. The van der Waals surface area contributed by atoms with Gasteiger partial charge in [-0.3, -0.25) is 9.36 Å². The summed E-state index contributed by atoms with van der Waals surface area (Å²) in [6.07, 6.45) is 0. The number of amides is 1. The van der Waals surface area contributed by atoms with Crippen molar-refractivity contribution in [3.8, 4) is 22.8 Å². The van der Waals surface area contributed by atoms with Crippen LogP contribution in [-0.2, 0) is 4.79 Å². The molecule has 32 heavy (non-hydrogen) atoms. The number of para-hydroxylation sites is 2. The fraction of sp³-hybridized carbons (Fsp3) is 0.125. The third-order valence-corrected chi connectivity index (χ3v) is 5.82. The maximum Gasteiger partial charge on any atom is 0.237 e. The molecule has 8 heteroatoms. The van der Waals surface area contributed by atoms with Gasteiger partial charge in [0.1, 0.15) is 11.6 Å². The van der Waals surface area contributed by atoms with Crippen molar-refractivity contribution in [1.82, 2.24) is 14.8 Å². The summed E-state index contributed by atoms with van der Waals surface area (Å²) in [6.45, 7) is 1.75. The third-order valence-electron chi connectivity index (χ3n) is 4.78. The van der Waals surface area contributed by atoms with Gasteiger partial charge in [-0.2, -0.15) is 0 Å². The zero-order chi connectivity index (χ0) is 22.5. The topological polar surface area (TPSA) is 69.0 Å². The lowest BCUT2D eigenvalue weighted by atomic mass is 10.2. The summed E-state index contributed by atoms with van der Waals surface area (Å²) in [5, 5.41) is 11.4. The molecule has 1 unspecified atom stereocenters. The maximum atomic E-state index is 13.9. The molecule has 1 atom stereocenters. The Labute approximate surface area is 189 Å².